The van der Waals surface area contributed by atoms with Gasteiger partial charge in [-0.25, -0.2) is 0 Å². The maximum atomic E-state index is 13.0. The molecule has 0 aliphatic carbocycles. The van der Waals surface area contributed by atoms with Crippen molar-refractivity contribution in [3.05, 3.63) is 75.1 Å². The molecule has 0 radical (unpaired) electrons. The van der Waals surface area contributed by atoms with Crippen LogP contribution in [-0.2, 0) is 20.9 Å². The summed E-state index contributed by atoms with van der Waals surface area (Å²) in [4.78, 5) is 40.9. The largest absolute Gasteiger partial charge is 0.493 e. The zero-order valence-corrected chi connectivity index (χ0v) is 23.0. The fraction of sp³-hybridized carbons (Fsp3) is 0.250. The van der Waals surface area contributed by atoms with Gasteiger partial charge in [0, 0.05) is 17.6 Å². The topological polar surface area (TPSA) is 85.4 Å². The van der Waals surface area contributed by atoms with Crippen LogP contribution in [0.1, 0.15) is 11.1 Å². The summed E-state index contributed by atoms with van der Waals surface area (Å²) in [7, 11) is 1.54. The molecule has 10 heteroatoms. The fourth-order valence-electron chi connectivity index (χ4n) is 4.33. The summed E-state index contributed by atoms with van der Waals surface area (Å²) < 4.78 is 17.6. The fourth-order valence-corrected chi connectivity index (χ4v) is 5.60. The smallest absolute Gasteiger partial charge is 0.294 e. The number of benzene rings is 3. The number of fused-ring (bicyclic) bond motifs is 1. The molecule has 3 aromatic rings. The minimum atomic E-state index is -0.497. The Labute approximate surface area is 232 Å². The van der Waals surface area contributed by atoms with Crippen LogP contribution in [0.3, 0.4) is 0 Å². The van der Waals surface area contributed by atoms with Gasteiger partial charge in [-0.1, -0.05) is 58.4 Å². The maximum absolute atomic E-state index is 13.0. The van der Waals surface area contributed by atoms with E-state index in [0.717, 1.165) is 33.0 Å². The van der Waals surface area contributed by atoms with Crippen LogP contribution >= 0.6 is 27.7 Å². The Hall–Kier alpha value is -3.34. The summed E-state index contributed by atoms with van der Waals surface area (Å²) in [5, 5.41) is 1.78. The van der Waals surface area contributed by atoms with Gasteiger partial charge in [-0.3, -0.25) is 19.3 Å². The molecule has 2 saturated heterocycles. The third-order valence-corrected chi connectivity index (χ3v) is 7.96. The first-order chi connectivity index (χ1) is 18.4. The Morgan fingerprint density at radius 2 is 1.84 bits per heavy atom. The molecule has 2 aliphatic rings. The van der Waals surface area contributed by atoms with Crippen molar-refractivity contribution in [1.82, 2.24) is 9.80 Å². The molecule has 0 bridgehead atoms. The summed E-state index contributed by atoms with van der Waals surface area (Å²) in [6.45, 7) is 1.86. The van der Waals surface area contributed by atoms with Gasteiger partial charge in [0.05, 0.1) is 25.2 Å². The number of hydrogen-bond donors (Lipinski definition) is 0. The Morgan fingerprint density at radius 3 is 2.63 bits per heavy atom. The van der Waals surface area contributed by atoms with Crippen molar-refractivity contribution < 1.29 is 28.6 Å². The highest BCUT2D eigenvalue weighted by Crippen LogP contribution is 2.38. The quantitative estimate of drug-likeness (QED) is 0.351. The molecular weight excluding hydrogens is 572 g/mol. The molecule has 38 heavy (non-hydrogen) atoms. The normalized spacial score (nSPS) is 16.9. The number of nitrogens with zero attached hydrogens (tertiary/aromatic N) is 2. The van der Waals surface area contributed by atoms with Crippen molar-refractivity contribution >= 4 is 61.6 Å². The third kappa shape index (κ3) is 5.57. The molecule has 2 heterocycles. The first-order valence-corrected chi connectivity index (χ1v) is 13.6. The van der Waals surface area contributed by atoms with E-state index in [0.29, 0.717) is 54.4 Å². The van der Waals surface area contributed by atoms with Gasteiger partial charge in [0.15, 0.2) is 11.5 Å². The van der Waals surface area contributed by atoms with Gasteiger partial charge in [0.1, 0.15) is 13.2 Å². The van der Waals surface area contributed by atoms with Crippen molar-refractivity contribution in [3.8, 4) is 11.5 Å². The van der Waals surface area contributed by atoms with Crippen molar-refractivity contribution in [1.29, 1.82) is 0 Å². The number of rotatable bonds is 7. The maximum Gasteiger partial charge on any atom is 0.294 e. The standard InChI is InChI=1S/C28H25BrN2O6S/c1-35-23-13-20(14-25-27(33)31(28(34)38-25)16-26(32)30-9-11-36-12-10-30)22(29)15-24(23)37-17-19-7-4-6-18-5-2-3-8-21(18)19/h2-8,13-15H,9-12,16-17H2,1H3/b25-14+. The van der Waals surface area contributed by atoms with Gasteiger partial charge in [-0.2, -0.15) is 0 Å². The van der Waals surface area contributed by atoms with E-state index in [4.69, 9.17) is 14.2 Å². The number of thioether (sulfide) groups is 1. The lowest BCUT2D eigenvalue weighted by atomic mass is 10.1. The van der Waals surface area contributed by atoms with Crippen LogP contribution in [0.15, 0.2) is 64.0 Å². The second-order valence-electron chi connectivity index (χ2n) is 8.71. The number of morpholine rings is 1. The van der Waals surface area contributed by atoms with E-state index < -0.39 is 11.1 Å². The Bertz CT molecular complexity index is 1430. The van der Waals surface area contributed by atoms with Gasteiger partial charge in [0.25, 0.3) is 11.1 Å². The highest BCUT2D eigenvalue weighted by atomic mass is 79.9. The van der Waals surface area contributed by atoms with Crippen LogP contribution in [0.25, 0.3) is 16.8 Å². The molecule has 8 nitrogen and oxygen atoms in total. The van der Waals surface area contributed by atoms with Crippen LogP contribution < -0.4 is 9.47 Å². The predicted molar refractivity (Wildman–Crippen MR) is 149 cm³/mol. The summed E-state index contributed by atoms with van der Waals surface area (Å²) in [5.74, 6) is 0.256. The molecule has 2 fully saturated rings. The zero-order valence-electron chi connectivity index (χ0n) is 20.6. The van der Waals surface area contributed by atoms with E-state index in [1.165, 1.54) is 0 Å². The number of carbonyl (C=O) groups is 3. The average molecular weight is 597 g/mol. The summed E-state index contributed by atoms with van der Waals surface area (Å²) in [6, 6.07) is 17.7. The average Bonchev–Trinajstić information content (AvgIpc) is 3.20. The number of carbonyl (C=O) groups excluding carboxylic acids is 3. The molecule has 3 amide bonds. The van der Waals surface area contributed by atoms with Crippen molar-refractivity contribution in [2.75, 3.05) is 40.0 Å². The summed E-state index contributed by atoms with van der Waals surface area (Å²) in [6.07, 6.45) is 1.62. The van der Waals surface area contributed by atoms with E-state index in [2.05, 4.69) is 34.1 Å². The van der Waals surface area contributed by atoms with Gasteiger partial charge < -0.3 is 19.1 Å². The molecule has 5 rings (SSSR count). The van der Waals surface area contributed by atoms with Crippen molar-refractivity contribution in [3.63, 3.8) is 0 Å². The van der Waals surface area contributed by atoms with E-state index in [1.807, 2.05) is 24.3 Å². The molecule has 0 aromatic heterocycles. The Morgan fingerprint density at radius 1 is 1.08 bits per heavy atom. The van der Waals surface area contributed by atoms with Gasteiger partial charge >= 0.3 is 0 Å². The first-order valence-electron chi connectivity index (χ1n) is 12.0. The number of imide groups is 1. The van der Waals surface area contributed by atoms with Crippen LogP contribution in [-0.4, -0.2) is 66.8 Å². The van der Waals surface area contributed by atoms with Crippen molar-refractivity contribution in [2.24, 2.45) is 0 Å². The minimum absolute atomic E-state index is 0.233. The van der Waals surface area contributed by atoms with Crippen LogP contribution in [0, 0.1) is 0 Å². The zero-order chi connectivity index (χ0) is 26.6. The second kappa shape index (κ2) is 11.6. The monoisotopic (exact) mass is 596 g/mol. The van der Waals surface area contributed by atoms with Crippen LogP contribution in [0.4, 0.5) is 4.79 Å². The highest BCUT2D eigenvalue weighted by Gasteiger charge is 2.37. The lowest BCUT2D eigenvalue weighted by Gasteiger charge is -2.28. The highest BCUT2D eigenvalue weighted by molar-refractivity contribution is 9.10. The summed E-state index contributed by atoms with van der Waals surface area (Å²) >= 11 is 4.36. The number of ether oxygens (including phenoxy) is 3. The van der Waals surface area contributed by atoms with Crippen LogP contribution in [0.2, 0.25) is 0 Å². The molecule has 0 saturated carbocycles. The van der Waals surface area contributed by atoms with E-state index in [1.54, 1.807) is 30.2 Å². The molecule has 0 N–H and O–H groups in total. The van der Waals surface area contributed by atoms with Gasteiger partial charge in [-0.05, 0) is 51.9 Å². The lowest BCUT2D eigenvalue weighted by Crippen LogP contribution is -2.46. The number of methoxy groups -OCH3 is 1. The van der Waals surface area contributed by atoms with E-state index >= 15 is 0 Å². The Balaban J connectivity index is 1.32. The molecule has 3 aromatic carbocycles. The first kappa shape index (κ1) is 26.3. The van der Waals surface area contributed by atoms with Gasteiger partial charge in [-0.15, -0.1) is 0 Å². The molecule has 2 aliphatic heterocycles. The molecule has 0 atom stereocenters. The molecule has 196 valence electrons. The molecular formula is C28H25BrN2O6S. The second-order valence-corrected chi connectivity index (χ2v) is 10.6. The SMILES string of the molecule is COc1cc(/C=C2/SC(=O)N(CC(=O)N3CCOCC3)C2=O)c(Br)cc1OCc1cccc2ccccc12. The number of halogens is 1. The van der Waals surface area contributed by atoms with Crippen molar-refractivity contribution in [2.45, 2.75) is 6.61 Å². The third-order valence-electron chi connectivity index (χ3n) is 6.36. The number of hydrogen-bond acceptors (Lipinski definition) is 7. The van der Waals surface area contributed by atoms with Crippen LogP contribution in [0.5, 0.6) is 11.5 Å². The lowest BCUT2D eigenvalue weighted by molar-refractivity contribution is -0.139. The minimum Gasteiger partial charge on any atom is -0.493 e. The molecule has 0 spiro atoms. The summed E-state index contributed by atoms with van der Waals surface area (Å²) in [5.41, 5.74) is 1.69. The predicted octanol–water partition coefficient (Wildman–Crippen LogP) is 5.09. The van der Waals surface area contributed by atoms with Gasteiger partial charge in [0.2, 0.25) is 5.91 Å². The molecule has 0 unspecified atom stereocenters. The van der Waals surface area contributed by atoms with E-state index in [9.17, 15) is 14.4 Å². The number of amides is 3. The van der Waals surface area contributed by atoms with E-state index in [-0.39, 0.29) is 17.4 Å². The Kier molecular flexibility index (Phi) is 8.01.